The number of nitrogens with one attached hydrogen (secondary N) is 2. The van der Waals surface area contributed by atoms with Gasteiger partial charge in [-0.1, -0.05) is 41.2 Å². The first kappa shape index (κ1) is 22.7. The van der Waals surface area contributed by atoms with Gasteiger partial charge in [0, 0.05) is 25.7 Å². The number of hydrogen-bond donors (Lipinski definition) is 3. The van der Waals surface area contributed by atoms with Crippen LogP contribution in [0.3, 0.4) is 0 Å². The first-order valence-electron chi connectivity index (χ1n) is 10.7. The summed E-state index contributed by atoms with van der Waals surface area (Å²) in [5.74, 6) is 0.677. The van der Waals surface area contributed by atoms with Gasteiger partial charge >= 0.3 is 5.97 Å². The zero-order valence-electron chi connectivity index (χ0n) is 18.5. The summed E-state index contributed by atoms with van der Waals surface area (Å²) >= 11 is 0.980. The lowest BCUT2D eigenvalue weighted by molar-refractivity contribution is 0.0528. The van der Waals surface area contributed by atoms with Crippen LogP contribution in [-0.4, -0.2) is 58.9 Å². The van der Waals surface area contributed by atoms with E-state index in [2.05, 4.69) is 61.7 Å². The van der Waals surface area contributed by atoms with Gasteiger partial charge in [0.2, 0.25) is 11.8 Å². The third-order valence-electron chi connectivity index (χ3n) is 4.93. The summed E-state index contributed by atoms with van der Waals surface area (Å²) in [6, 6.07) is 10.2. The molecule has 0 unspecified atom stereocenters. The van der Waals surface area contributed by atoms with Crippen molar-refractivity contribution in [2.24, 2.45) is 0 Å². The Bertz CT molecular complexity index is 1100. The van der Waals surface area contributed by atoms with E-state index in [0.29, 0.717) is 36.7 Å². The van der Waals surface area contributed by atoms with E-state index in [1.807, 2.05) is 6.07 Å². The number of nitrogens with zero attached hydrogens (tertiary/aromatic N) is 4. The van der Waals surface area contributed by atoms with Crippen molar-refractivity contribution < 1.29 is 19.4 Å². The van der Waals surface area contributed by atoms with E-state index in [9.17, 15) is 9.90 Å². The van der Waals surface area contributed by atoms with Crippen molar-refractivity contribution in [3.63, 3.8) is 0 Å². The number of morpholine rings is 1. The van der Waals surface area contributed by atoms with Gasteiger partial charge in [-0.05, 0) is 19.4 Å². The smallest absolute Gasteiger partial charge is 0.354 e. The van der Waals surface area contributed by atoms with E-state index >= 15 is 0 Å². The molecule has 0 saturated carbocycles. The SMILES string of the molecule is CCOC(=O)c1sc(Nc2nc(NCc3ccc(C)cc3)cc(N3CCOCC3)n2)nc1O. The van der Waals surface area contributed by atoms with E-state index in [-0.39, 0.29) is 17.4 Å². The number of ether oxygens (including phenoxy) is 2. The topological polar surface area (TPSA) is 122 Å². The normalized spacial score (nSPS) is 13.6. The van der Waals surface area contributed by atoms with E-state index in [0.717, 1.165) is 35.8 Å². The number of anilines is 4. The van der Waals surface area contributed by atoms with Crippen molar-refractivity contribution in [2.45, 2.75) is 20.4 Å². The molecule has 2 aromatic heterocycles. The number of aryl methyl sites for hydroxylation is 1. The summed E-state index contributed by atoms with van der Waals surface area (Å²) in [6.45, 7) is 7.26. The lowest BCUT2D eigenvalue weighted by Gasteiger charge is -2.28. The van der Waals surface area contributed by atoms with Gasteiger partial charge < -0.3 is 24.8 Å². The van der Waals surface area contributed by atoms with Gasteiger partial charge in [-0.2, -0.15) is 15.0 Å². The van der Waals surface area contributed by atoms with Gasteiger partial charge in [0.15, 0.2) is 10.0 Å². The summed E-state index contributed by atoms with van der Waals surface area (Å²) in [7, 11) is 0. The van der Waals surface area contributed by atoms with Crippen molar-refractivity contribution in [1.29, 1.82) is 0 Å². The molecule has 3 N–H and O–H groups in total. The molecule has 0 bridgehead atoms. The summed E-state index contributed by atoms with van der Waals surface area (Å²) in [5.41, 5.74) is 2.33. The highest BCUT2D eigenvalue weighted by Crippen LogP contribution is 2.31. The molecule has 0 amide bonds. The molecule has 1 saturated heterocycles. The number of benzene rings is 1. The number of esters is 1. The number of hydrogen-bond acceptors (Lipinski definition) is 11. The van der Waals surface area contributed by atoms with Crippen LogP contribution in [0, 0.1) is 6.92 Å². The van der Waals surface area contributed by atoms with Gasteiger partial charge in [0.25, 0.3) is 0 Å². The van der Waals surface area contributed by atoms with Gasteiger partial charge in [-0.15, -0.1) is 0 Å². The first-order chi connectivity index (χ1) is 16.0. The summed E-state index contributed by atoms with van der Waals surface area (Å²) < 4.78 is 10.4. The molecular formula is C22H26N6O4S. The highest BCUT2D eigenvalue weighted by atomic mass is 32.1. The minimum Gasteiger partial charge on any atom is -0.492 e. The Morgan fingerprint density at radius 2 is 1.97 bits per heavy atom. The quantitative estimate of drug-likeness (QED) is 0.423. The molecule has 1 fully saturated rings. The van der Waals surface area contributed by atoms with E-state index < -0.39 is 5.97 Å². The number of aromatic nitrogens is 3. The van der Waals surface area contributed by atoms with Crippen molar-refractivity contribution >= 4 is 40.0 Å². The zero-order valence-corrected chi connectivity index (χ0v) is 19.3. The minimum absolute atomic E-state index is 0.0291. The highest BCUT2D eigenvalue weighted by Gasteiger charge is 2.20. The minimum atomic E-state index is -0.621. The average molecular weight is 471 g/mol. The Morgan fingerprint density at radius 1 is 1.21 bits per heavy atom. The molecule has 10 nitrogen and oxygen atoms in total. The number of aromatic hydroxyl groups is 1. The van der Waals surface area contributed by atoms with Crippen LogP contribution in [0.15, 0.2) is 30.3 Å². The number of thiazole rings is 1. The van der Waals surface area contributed by atoms with E-state index in [4.69, 9.17) is 9.47 Å². The van der Waals surface area contributed by atoms with Gasteiger partial charge in [-0.25, -0.2) is 4.79 Å². The molecule has 11 heteroatoms. The number of carbonyl (C=O) groups excluding carboxylic acids is 1. The molecule has 33 heavy (non-hydrogen) atoms. The third kappa shape index (κ3) is 5.88. The molecule has 1 aliphatic rings. The van der Waals surface area contributed by atoms with Crippen molar-refractivity contribution in [1.82, 2.24) is 15.0 Å². The lowest BCUT2D eigenvalue weighted by Crippen LogP contribution is -2.36. The Morgan fingerprint density at radius 3 is 2.70 bits per heavy atom. The van der Waals surface area contributed by atoms with E-state index in [1.165, 1.54) is 5.56 Å². The highest BCUT2D eigenvalue weighted by molar-refractivity contribution is 7.17. The number of rotatable bonds is 8. The predicted molar refractivity (Wildman–Crippen MR) is 127 cm³/mol. The Kier molecular flexibility index (Phi) is 7.20. The van der Waals surface area contributed by atoms with Crippen molar-refractivity contribution in [3.8, 4) is 5.88 Å². The summed E-state index contributed by atoms with van der Waals surface area (Å²) in [4.78, 5) is 27.3. The second kappa shape index (κ2) is 10.5. The molecule has 1 aromatic carbocycles. The monoisotopic (exact) mass is 470 g/mol. The molecule has 3 aromatic rings. The Labute approximate surface area is 195 Å². The number of carbonyl (C=O) groups is 1. The molecule has 0 aliphatic carbocycles. The molecular weight excluding hydrogens is 444 g/mol. The van der Waals surface area contributed by atoms with Crippen LogP contribution in [0.25, 0.3) is 0 Å². The van der Waals surface area contributed by atoms with Crippen LogP contribution < -0.4 is 15.5 Å². The zero-order chi connectivity index (χ0) is 23.2. The molecule has 0 radical (unpaired) electrons. The molecule has 1 aliphatic heterocycles. The maximum Gasteiger partial charge on any atom is 0.354 e. The Hall–Kier alpha value is -3.44. The fourth-order valence-electron chi connectivity index (χ4n) is 3.22. The maximum absolute atomic E-state index is 12.0. The molecule has 4 rings (SSSR count). The average Bonchev–Trinajstić information content (AvgIpc) is 3.19. The second-order valence-electron chi connectivity index (χ2n) is 7.39. The van der Waals surface area contributed by atoms with Gasteiger partial charge in [0.1, 0.15) is 11.6 Å². The van der Waals surface area contributed by atoms with Crippen molar-refractivity contribution in [3.05, 3.63) is 46.3 Å². The summed E-state index contributed by atoms with van der Waals surface area (Å²) in [5, 5.41) is 16.7. The maximum atomic E-state index is 12.0. The van der Waals surface area contributed by atoms with Crippen LogP contribution in [-0.2, 0) is 16.0 Å². The van der Waals surface area contributed by atoms with Crippen LogP contribution in [0.5, 0.6) is 5.88 Å². The largest absolute Gasteiger partial charge is 0.492 e. The molecule has 0 spiro atoms. The molecule has 174 valence electrons. The molecule has 0 atom stereocenters. The fraction of sp³-hybridized carbons (Fsp3) is 0.364. The lowest BCUT2D eigenvalue weighted by atomic mass is 10.1. The first-order valence-corrected chi connectivity index (χ1v) is 11.5. The Balaban J connectivity index is 1.56. The van der Waals surface area contributed by atoms with E-state index in [1.54, 1.807) is 6.92 Å². The fourth-order valence-corrected chi connectivity index (χ4v) is 3.97. The van der Waals surface area contributed by atoms with Crippen LogP contribution in [0.4, 0.5) is 22.7 Å². The predicted octanol–water partition coefficient (Wildman–Crippen LogP) is 3.32. The third-order valence-corrected chi connectivity index (χ3v) is 5.87. The van der Waals surface area contributed by atoms with Crippen LogP contribution in [0.2, 0.25) is 0 Å². The second-order valence-corrected chi connectivity index (χ2v) is 8.39. The molecule has 3 heterocycles. The summed E-state index contributed by atoms with van der Waals surface area (Å²) in [6.07, 6.45) is 0. The standard InChI is InChI=1S/C22H26N6O4S/c1-3-32-20(30)18-19(29)26-22(33-18)27-21-24-16(23-13-15-6-4-14(2)5-7-15)12-17(25-21)28-8-10-31-11-9-28/h4-7,12,29H,3,8-11,13H2,1-2H3,(H2,23,24,25,26,27). The van der Waals surface area contributed by atoms with Gasteiger partial charge in [0.05, 0.1) is 19.8 Å². The van der Waals surface area contributed by atoms with Crippen LogP contribution in [0.1, 0.15) is 27.7 Å². The van der Waals surface area contributed by atoms with Crippen molar-refractivity contribution in [2.75, 3.05) is 48.4 Å². The van der Waals surface area contributed by atoms with Crippen LogP contribution >= 0.6 is 11.3 Å². The van der Waals surface area contributed by atoms with Gasteiger partial charge in [-0.3, -0.25) is 5.32 Å².